The van der Waals surface area contributed by atoms with Crippen LogP contribution in [-0.4, -0.2) is 77.1 Å². The van der Waals surface area contributed by atoms with E-state index in [9.17, 15) is 13.2 Å². The number of hydrogen-bond donors (Lipinski definition) is 1. The quantitative estimate of drug-likeness (QED) is 0.581. The summed E-state index contributed by atoms with van der Waals surface area (Å²) in [6.45, 7) is 4.35. The molecule has 3 rings (SSSR count). The van der Waals surface area contributed by atoms with Gasteiger partial charge in [-0.3, -0.25) is 9.69 Å². The van der Waals surface area contributed by atoms with Gasteiger partial charge in [-0.25, -0.2) is 8.42 Å². The molecule has 1 aliphatic rings. The fourth-order valence-electron chi connectivity index (χ4n) is 3.63. The van der Waals surface area contributed by atoms with Crippen molar-refractivity contribution in [3.8, 4) is 5.75 Å². The van der Waals surface area contributed by atoms with Crippen LogP contribution in [0, 0.1) is 0 Å². The number of ether oxygens (including phenoxy) is 2. The molecule has 2 aromatic rings. The van der Waals surface area contributed by atoms with Gasteiger partial charge in [0, 0.05) is 39.6 Å². The first-order chi connectivity index (χ1) is 15.4. The lowest BCUT2D eigenvalue weighted by atomic mass is 10.0. The summed E-state index contributed by atoms with van der Waals surface area (Å²) in [6.07, 6.45) is 0.0119. The summed E-state index contributed by atoms with van der Waals surface area (Å²) >= 11 is 0. The maximum atomic E-state index is 13.2. The molecule has 0 aromatic heterocycles. The number of benzene rings is 2. The van der Waals surface area contributed by atoms with Crippen molar-refractivity contribution in [3.63, 3.8) is 0 Å². The van der Waals surface area contributed by atoms with Crippen LogP contribution in [0.4, 0.5) is 0 Å². The van der Waals surface area contributed by atoms with E-state index in [1.807, 2.05) is 0 Å². The summed E-state index contributed by atoms with van der Waals surface area (Å²) in [7, 11) is -0.703. The molecule has 0 aliphatic carbocycles. The third kappa shape index (κ3) is 6.29. The number of nitrogens with zero attached hydrogens (tertiary/aromatic N) is 2. The van der Waals surface area contributed by atoms with Crippen LogP contribution in [0.5, 0.6) is 5.75 Å². The van der Waals surface area contributed by atoms with E-state index in [2.05, 4.69) is 10.2 Å². The van der Waals surface area contributed by atoms with Gasteiger partial charge in [0.25, 0.3) is 0 Å². The van der Waals surface area contributed by atoms with Crippen molar-refractivity contribution in [1.82, 2.24) is 14.5 Å². The van der Waals surface area contributed by atoms with E-state index in [-0.39, 0.29) is 17.2 Å². The van der Waals surface area contributed by atoms with Gasteiger partial charge < -0.3 is 14.8 Å². The molecule has 9 heteroatoms. The van der Waals surface area contributed by atoms with Gasteiger partial charge in [0.1, 0.15) is 5.75 Å². The van der Waals surface area contributed by atoms with Crippen molar-refractivity contribution in [2.75, 3.05) is 53.6 Å². The highest BCUT2D eigenvalue weighted by molar-refractivity contribution is 7.89. The maximum Gasteiger partial charge on any atom is 0.243 e. The molecule has 0 saturated carbocycles. The zero-order chi connectivity index (χ0) is 23.0. The van der Waals surface area contributed by atoms with Gasteiger partial charge in [-0.2, -0.15) is 4.31 Å². The molecule has 0 radical (unpaired) electrons. The smallest absolute Gasteiger partial charge is 0.243 e. The highest BCUT2D eigenvalue weighted by atomic mass is 32.2. The second-order valence-corrected chi connectivity index (χ2v) is 9.63. The molecule has 1 saturated heterocycles. The van der Waals surface area contributed by atoms with Gasteiger partial charge >= 0.3 is 0 Å². The number of morpholine rings is 1. The van der Waals surface area contributed by atoms with Crippen LogP contribution in [0.3, 0.4) is 0 Å². The Morgan fingerprint density at radius 2 is 1.78 bits per heavy atom. The molecule has 1 amide bonds. The number of amides is 1. The Morgan fingerprint density at radius 1 is 1.12 bits per heavy atom. The Kier molecular flexibility index (Phi) is 8.63. The van der Waals surface area contributed by atoms with Crippen molar-refractivity contribution in [2.45, 2.75) is 17.4 Å². The highest BCUT2D eigenvalue weighted by Gasteiger charge is 2.30. The third-order valence-corrected chi connectivity index (χ3v) is 7.47. The number of methoxy groups -OCH3 is 1. The average molecular weight is 462 g/mol. The highest BCUT2D eigenvalue weighted by Crippen LogP contribution is 2.30. The molecule has 1 N–H and O–H groups in total. The van der Waals surface area contributed by atoms with E-state index in [1.54, 1.807) is 61.7 Å². The number of hydrogen-bond acceptors (Lipinski definition) is 6. The lowest BCUT2D eigenvalue weighted by Crippen LogP contribution is -2.42. The molecule has 0 unspecified atom stereocenters. The lowest BCUT2D eigenvalue weighted by molar-refractivity contribution is -0.122. The molecule has 1 aliphatic heterocycles. The summed E-state index contributed by atoms with van der Waals surface area (Å²) in [5.41, 5.74) is 0.719. The van der Waals surface area contributed by atoms with Gasteiger partial charge in [0.2, 0.25) is 15.9 Å². The van der Waals surface area contributed by atoms with E-state index >= 15 is 0 Å². The zero-order valence-electron chi connectivity index (χ0n) is 18.6. The van der Waals surface area contributed by atoms with Gasteiger partial charge in [0.15, 0.2) is 0 Å². The molecular weight excluding hydrogens is 430 g/mol. The normalized spacial score (nSPS) is 16.0. The molecule has 8 nitrogen and oxygen atoms in total. The first-order valence-corrected chi connectivity index (χ1v) is 12.1. The zero-order valence-corrected chi connectivity index (χ0v) is 19.4. The van der Waals surface area contributed by atoms with Crippen LogP contribution in [-0.2, 0) is 19.6 Å². The topological polar surface area (TPSA) is 88.2 Å². The second kappa shape index (κ2) is 11.4. The fraction of sp³-hybridized carbons (Fsp3) is 0.435. The van der Waals surface area contributed by atoms with E-state index < -0.39 is 16.1 Å². The minimum Gasteiger partial charge on any atom is -0.497 e. The van der Waals surface area contributed by atoms with Gasteiger partial charge in [-0.05, 0) is 29.8 Å². The van der Waals surface area contributed by atoms with Crippen LogP contribution in [0.1, 0.15) is 18.0 Å². The summed E-state index contributed by atoms with van der Waals surface area (Å²) in [5, 5.41) is 2.93. The molecule has 0 bridgehead atoms. The molecular formula is C23H31N3O5S. The van der Waals surface area contributed by atoms with Gasteiger partial charge in [0.05, 0.1) is 31.3 Å². The summed E-state index contributed by atoms with van der Waals surface area (Å²) in [4.78, 5) is 15.2. The Balaban J connectivity index is 1.73. The summed E-state index contributed by atoms with van der Waals surface area (Å²) < 4.78 is 38.3. The van der Waals surface area contributed by atoms with Crippen LogP contribution >= 0.6 is 0 Å². The molecule has 2 aromatic carbocycles. The van der Waals surface area contributed by atoms with Crippen molar-refractivity contribution in [1.29, 1.82) is 0 Å². The summed E-state index contributed by atoms with van der Waals surface area (Å²) in [6, 6.07) is 14.7. The first kappa shape index (κ1) is 24.2. The molecule has 32 heavy (non-hydrogen) atoms. The largest absolute Gasteiger partial charge is 0.497 e. The molecule has 1 fully saturated rings. The number of sulfonamides is 1. The minimum atomic E-state index is -3.79. The standard InChI is InChI=1S/C23H31N3O5S/c1-25(32(28,29)21-6-4-3-5-7-21)22(19-8-10-20(30-2)11-9-19)18-23(27)24-12-13-26-14-16-31-17-15-26/h3-11,22H,12-18H2,1-2H3,(H,24,27)/t22-/m0/s1. The third-order valence-electron chi connectivity index (χ3n) is 5.59. The second-order valence-electron chi connectivity index (χ2n) is 7.63. The fourth-order valence-corrected chi connectivity index (χ4v) is 5.00. The van der Waals surface area contributed by atoms with Crippen molar-refractivity contribution < 1.29 is 22.7 Å². The number of nitrogens with one attached hydrogen (secondary N) is 1. The Labute approximate surface area is 190 Å². The van der Waals surface area contributed by atoms with Crippen molar-refractivity contribution in [2.24, 2.45) is 0 Å². The van der Waals surface area contributed by atoms with E-state index in [1.165, 1.54) is 11.4 Å². The van der Waals surface area contributed by atoms with Crippen LogP contribution < -0.4 is 10.1 Å². The van der Waals surface area contributed by atoms with Crippen LogP contribution in [0.15, 0.2) is 59.5 Å². The van der Waals surface area contributed by atoms with Crippen LogP contribution in [0.2, 0.25) is 0 Å². The molecule has 1 atom stereocenters. The maximum absolute atomic E-state index is 13.2. The summed E-state index contributed by atoms with van der Waals surface area (Å²) in [5.74, 6) is 0.463. The van der Waals surface area contributed by atoms with Gasteiger partial charge in [-0.1, -0.05) is 30.3 Å². The predicted molar refractivity (Wildman–Crippen MR) is 122 cm³/mol. The SMILES string of the molecule is COc1ccc([C@H](CC(=O)NCCN2CCOCC2)N(C)S(=O)(=O)c2ccccc2)cc1. The van der Waals surface area contributed by atoms with E-state index in [0.29, 0.717) is 25.5 Å². The molecule has 0 spiro atoms. The number of rotatable bonds is 10. The monoisotopic (exact) mass is 461 g/mol. The van der Waals surface area contributed by atoms with E-state index in [4.69, 9.17) is 9.47 Å². The van der Waals surface area contributed by atoms with Gasteiger partial charge in [-0.15, -0.1) is 0 Å². The number of carbonyl (C=O) groups is 1. The minimum absolute atomic E-state index is 0.0119. The Bertz CT molecular complexity index is 961. The lowest BCUT2D eigenvalue weighted by Gasteiger charge is -2.28. The van der Waals surface area contributed by atoms with Crippen LogP contribution in [0.25, 0.3) is 0 Å². The Hall–Kier alpha value is -2.46. The number of carbonyl (C=O) groups excluding carboxylic acids is 1. The average Bonchev–Trinajstić information content (AvgIpc) is 2.83. The molecule has 174 valence electrons. The van der Waals surface area contributed by atoms with Crippen molar-refractivity contribution in [3.05, 3.63) is 60.2 Å². The first-order valence-electron chi connectivity index (χ1n) is 10.7. The van der Waals surface area contributed by atoms with Crippen molar-refractivity contribution >= 4 is 15.9 Å². The van der Waals surface area contributed by atoms with E-state index in [0.717, 1.165) is 25.2 Å². The molecule has 1 heterocycles. The predicted octanol–water partition coefficient (Wildman–Crippen LogP) is 1.90. The Morgan fingerprint density at radius 3 is 2.41 bits per heavy atom.